The molecule has 2 aromatic rings. The first-order chi connectivity index (χ1) is 8.08. The highest BCUT2D eigenvalue weighted by atomic mass is 79.9. The second kappa shape index (κ2) is 4.70. The van der Waals surface area contributed by atoms with E-state index in [1.165, 1.54) is 6.33 Å². The Kier molecular flexibility index (Phi) is 3.28. The molecule has 2 heterocycles. The van der Waals surface area contributed by atoms with E-state index in [0.717, 1.165) is 4.47 Å². The normalized spacial score (nSPS) is 10.8. The van der Waals surface area contributed by atoms with Crippen LogP contribution >= 0.6 is 15.9 Å². The van der Waals surface area contributed by atoms with Gasteiger partial charge in [0.1, 0.15) is 12.0 Å². The summed E-state index contributed by atoms with van der Waals surface area (Å²) in [4.78, 5) is 8.09. The van der Waals surface area contributed by atoms with E-state index in [9.17, 15) is 0 Å². The number of nitrogens with zero attached hydrogens (tertiary/aromatic N) is 4. The van der Waals surface area contributed by atoms with E-state index in [-0.39, 0.29) is 6.10 Å². The molecule has 0 amide bonds. The Hall–Kier alpha value is -1.63. The molecule has 0 atom stereocenters. The van der Waals surface area contributed by atoms with Crippen LogP contribution in [0.1, 0.15) is 13.8 Å². The van der Waals surface area contributed by atoms with Crippen molar-refractivity contribution in [1.82, 2.24) is 19.7 Å². The summed E-state index contributed by atoms with van der Waals surface area (Å²) in [5.74, 6) is 0.873. The lowest BCUT2D eigenvalue weighted by Crippen LogP contribution is -2.12. The predicted octanol–water partition coefficient (Wildman–Crippen LogP) is 1.79. The van der Waals surface area contributed by atoms with Gasteiger partial charge in [-0.1, -0.05) is 0 Å². The van der Waals surface area contributed by atoms with Crippen molar-refractivity contribution >= 4 is 21.6 Å². The first kappa shape index (κ1) is 11.8. The van der Waals surface area contributed by atoms with Crippen LogP contribution in [0.25, 0.3) is 5.82 Å². The smallest absolute Gasteiger partial charge is 0.242 e. The maximum absolute atomic E-state index is 5.95. The molecular weight excluding hydrogens is 286 g/mol. The van der Waals surface area contributed by atoms with Gasteiger partial charge in [-0.2, -0.15) is 10.1 Å². The minimum absolute atomic E-state index is 0.00408. The van der Waals surface area contributed by atoms with E-state index in [1.807, 2.05) is 13.8 Å². The number of hydrogen-bond donors (Lipinski definition) is 1. The molecule has 0 fully saturated rings. The zero-order chi connectivity index (χ0) is 12.4. The van der Waals surface area contributed by atoms with Gasteiger partial charge in [0.05, 0.1) is 16.8 Å². The number of nitrogens with two attached hydrogens (primary N) is 1. The average molecular weight is 298 g/mol. The van der Waals surface area contributed by atoms with Crippen LogP contribution in [0.15, 0.2) is 23.2 Å². The van der Waals surface area contributed by atoms with Crippen molar-refractivity contribution in [3.05, 3.63) is 23.2 Å². The van der Waals surface area contributed by atoms with Crippen molar-refractivity contribution in [2.75, 3.05) is 5.73 Å². The van der Waals surface area contributed by atoms with Gasteiger partial charge >= 0.3 is 0 Å². The fraction of sp³-hybridized carbons (Fsp3) is 0.300. The summed E-state index contributed by atoms with van der Waals surface area (Å²) < 4.78 is 7.90. The summed E-state index contributed by atoms with van der Waals surface area (Å²) in [5.41, 5.74) is 6.32. The van der Waals surface area contributed by atoms with E-state index in [2.05, 4.69) is 31.0 Å². The highest BCUT2D eigenvalue weighted by Crippen LogP contribution is 2.24. The van der Waals surface area contributed by atoms with Gasteiger partial charge in [-0.15, -0.1) is 0 Å². The van der Waals surface area contributed by atoms with Crippen molar-refractivity contribution in [3.63, 3.8) is 0 Å². The molecule has 0 aliphatic heterocycles. The lowest BCUT2D eigenvalue weighted by Gasteiger charge is -2.12. The van der Waals surface area contributed by atoms with Crippen molar-refractivity contribution in [2.45, 2.75) is 20.0 Å². The zero-order valence-electron chi connectivity index (χ0n) is 9.46. The summed E-state index contributed by atoms with van der Waals surface area (Å²) in [6.45, 7) is 3.82. The fourth-order valence-electron chi connectivity index (χ4n) is 1.29. The van der Waals surface area contributed by atoms with Crippen molar-refractivity contribution in [3.8, 4) is 11.7 Å². The van der Waals surface area contributed by atoms with Gasteiger partial charge in [0.2, 0.25) is 5.88 Å². The lowest BCUT2D eigenvalue weighted by atomic mass is 10.4. The number of rotatable bonds is 3. The molecule has 6 nitrogen and oxygen atoms in total. The van der Waals surface area contributed by atoms with E-state index in [0.29, 0.717) is 17.4 Å². The maximum Gasteiger partial charge on any atom is 0.242 e. The van der Waals surface area contributed by atoms with Crippen molar-refractivity contribution in [1.29, 1.82) is 0 Å². The summed E-state index contributed by atoms with van der Waals surface area (Å²) in [6, 6.07) is 0. The summed E-state index contributed by atoms with van der Waals surface area (Å²) in [6.07, 6.45) is 4.82. The van der Waals surface area contributed by atoms with Gasteiger partial charge in [0.25, 0.3) is 0 Å². The van der Waals surface area contributed by atoms with Crippen molar-refractivity contribution in [2.24, 2.45) is 0 Å². The predicted molar refractivity (Wildman–Crippen MR) is 67.0 cm³/mol. The van der Waals surface area contributed by atoms with Crippen LogP contribution in [0.2, 0.25) is 0 Å². The molecule has 0 aliphatic rings. The van der Waals surface area contributed by atoms with Crippen LogP contribution in [-0.4, -0.2) is 25.9 Å². The number of nitrogen functional groups attached to an aromatic ring is 1. The molecule has 0 saturated carbocycles. The molecule has 2 aromatic heterocycles. The van der Waals surface area contributed by atoms with Gasteiger partial charge in [0, 0.05) is 6.20 Å². The SMILES string of the molecule is CC(C)Oc1ncnc(-n2cc(Br)cn2)c1N. The van der Waals surface area contributed by atoms with Crippen LogP contribution in [-0.2, 0) is 0 Å². The highest BCUT2D eigenvalue weighted by Gasteiger charge is 2.12. The topological polar surface area (TPSA) is 78.9 Å². The molecule has 90 valence electrons. The minimum atomic E-state index is 0.00408. The quantitative estimate of drug-likeness (QED) is 0.934. The molecule has 0 aromatic carbocycles. The second-order valence-corrected chi connectivity index (χ2v) is 4.60. The Balaban J connectivity index is 2.42. The van der Waals surface area contributed by atoms with Crippen LogP contribution < -0.4 is 10.5 Å². The monoisotopic (exact) mass is 297 g/mol. The maximum atomic E-state index is 5.95. The van der Waals surface area contributed by atoms with E-state index < -0.39 is 0 Å². The molecule has 0 unspecified atom stereocenters. The molecule has 0 aliphatic carbocycles. The summed E-state index contributed by atoms with van der Waals surface area (Å²) in [7, 11) is 0. The Morgan fingerprint density at radius 3 is 2.76 bits per heavy atom. The second-order valence-electron chi connectivity index (χ2n) is 3.69. The Morgan fingerprint density at radius 1 is 1.41 bits per heavy atom. The molecule has 7 heteroatoms. The van der Waals surface area contributed by atoms with Gasteiger partial charge in [-0.3, -0.25) is 0 Å². The third kappa shape index (κ3) is 2.55. The molecule has 2 rings (SSSR count). The molecule has 0 spiro atoms. The molecule has 0 radical (unpaired) electrons. The van der Waals surface area contributed by atoms with Crippen LogP contribution in [0.4, 0.5) is 5.69 Å². The van der Waals surface area contributed by atoms with E-state index >= 15 is 0 Å². The van der Waals surface area contributed by atoms with Gasteiger partial charge in [-0.05, 0) is 29.8 Å². The first-order valence-electron chi connectivity index (χ1n) is 5.05. The zero-order valence-corrected chi connectivity index (χ0v) is 11.0. The summed E-state index contributed by atoms with van der Waals surface area (Å²) >= 11 is 3.31. The van der Waals surface area contributed by atoms with E-state index in [1.54, 1.807) is 17.1 Å². The van der Waals surface area contributed by atoms with Crippen LogP contribution in [0.5, 0.6) is 5.88 Å². The Bertz CT molecular complexity index is 525. The van der Waals surface area contributed by atoms with Gasteiger partial charge in [0.15, 0.2) is 5.82 Å². The standard InChI is InChI=1S/C10H12BrN5O/c1-6(2)17-10-8(12)9(13-5-14-10)16-4-7(11)3-15-16/h3-6H,12H2,1-2H3. The average Bonchev–Trinajstić information content (AvgIpc) is 2.67. The largest absolute Gasteiger partial charge is 0.473 e. The first-order valence-corrected chi connectivity index (χ1v) is 5.85. The highest BCUT2D eigenvalue weighted by molar-refractivity contribution is 9.10. The molecule has 17 heavy (non-hydrogen) atoms. The Labute approximate surface area is 107 Å². The number of anilines is 1. The fourth-order valence-corrected chi connectivity index (χ4v) is 1.57. The van der Waals surface area contributed by atoms with Crippen LogP contribution in [0, 0.1) is 0 Å². The molecule has 0 bridgehead atoms. The Morgan fingerprint density at radius 2 is 2.18 bits per heavy atom. The van der Waals surface area contributed by atoms with Gasteiger partial charge in [-0.25, -0.2) is 9.67 Å². The lowest BCUT2D eigenvalue weighted by molar-refractivity contribution is 0.233. The third-order valence-electron chi connectivity index (χ3n) is 1.94. The van der Waals surface area contributed by atoms with Crippen LogP contribution in [0.3, 0.4) is 0 Å². The number of halogens is 1. The van der Waals surface area contributed by atoms with Gasteiger partial charge < -0.3 is 10.5 Å². The number of hydrogen-bond acceptors (Lipinski definition) is 5. The van der Waals surface area contributed by atoms with E-state index in [4.69, 9.17) is 10.5 Å². The number of aromatic nitrogens is 4. The summed E-state index contributed by atoms with van der Waals surface area (Å²) in [5, 5.41) is 4.11. The minimum Gasteiger partial charge on any atom is -0.473 e. The molecule has 2 N–H and O–H groups in total. The number of ether oxygens (including phenoxy) is 1. The molecule has 0 saturated heterocycles. The third-order valence-corrected chi connectivity index (χ3v) is 2.35. The van der Waals surface area contributed by atoms with Crippen molar-refractivity contribution < 1.29 is 4.74 Å². The molecular formula is C10H12BrN5O.